The highest BCUT2D eigenvalue weighted by Gasteiger charge is 2.11. The van der Waals surface area contributed by atoms with E-state index in [1.165, 1.54) is 37.5 Å². The number of benzene rings is 2. The van der Waals surface area contributed by atoms with E-state index in [0.717, 1.165) is 0 Å². The summed E-state index contributed by atoms with van der Waals surface area (Å²) in [6.07, 6.45) is 2.60. The largest absolute Gasteiger partial charge is 0.493 e. The van der Waals surface area contributed by atoms with Gasteiger partial charge in [-0.25, -0.2) is 9.78 Å². The molecule has 2 aromatic carbocycles. The van der Waals surface area contributed by atoms with Crippen molar-refractivity contribution in [3.63, 3.8) is 0 Å². The van der Waals surface area contributed by atoms with Gasteiger partial charge in [0.15, 0.2) is 17.1 Å². The summed E-state index contributed by atoms with van der Waals surface area (Å²) < 4.78 is 44.5. The molecule has 1 heterocycles. The van der Waals surface area contributed by atoms with Crippen LogP contribution in [-0.2, 0) is 16.1 Å². The van der Waals surface area contributed by atoms with E-state index in [-0.39, 0.29) is 24.0 Å². The average Bonchev–Trinajstić information content (AvgIpc) is 3.08. The van der Waals surface area contributed by atoms with Gasteiger partial charge in [-0.1, -0.05) is 18.2 Å². The van der Waals surface area contributed by atoms with Crippen LogP contribution in [0.15, 0.2) is 53.0 Å². The second-order valence-electron chi connectivity index (χ2n) is 5.32. The Bertz CT molecular complexity index is 935. The molecule has 3 rings (SSSR count). The number of halogens is 2. The van der Waals surface area contributed by atoms with Crippen molar-refractivity contribution in [2.45, 2.75) is 13.2 Å². The minimum Gasteiger partial charge on any atom is -0.493 e. The van der Waals surface area contributed by atoms with Crippen LogP contribution >= 0.6 is 0 Å². The summed E-state index contributed by atoms with van der Waals surface area (Å²) in [5.74, 6) is -0.309. The highest BCUT2D eigenvalue weighted by Crippen LogP contribution is 2.29. The Balaban J connectivity index is 1.59. The van der Waals surface area contributed by atoms with E-state index in [0.29, 0.717) is 16.7 Å². The molecule has 0 aliphatic carbocycles. The van der Waals surface area contributed by atoms with Gasteiger partial charge in [0.05, 0.1) is 7.11 Å². The first-order valence-electron chi connectivity index (χ1n) is 7.87. The van der Waals surface area contributed by atoms with Gasteiger partial charge < -0.3 is 18.6 Å². The van der Waals surface area contributed by atoms with Crippen molar-refractivity contribution >= 4 is 23.1 Å². The quantitative estimate of drug-likeness (QED) is 0.455. The van der Waals surface area contributed by atoms with E-state index in [4.69, 9.17) is 13.9 Å². The van der Waals surface area contributed by atoms with Crippen molar-refractivity contribution in [3.05, 3.63) is 60.0 Å². The number of alkyl halides is 2. The average molecular weight is 375 g/mol. The molecule has 0 saturated carbocycles. The zero-order valence-corrected chi connectivity index (χ0v) is 14.2. The van der Waals surface area contributed by atoms with Gasteiger partial charge in [0.2, 0.25) is 5.89 Å². The summed E-state index contributed by atoms with van der Waals surface area (Å²) in [6, 6.07) is 11.5. The molecule has 8 heteroatoms. The van der Waals surface area contributed by atoms with Crippen LogP contribution in [-0.4, -0.2) is 24.7 Å². The van der Waals surface area contributed by atoms with E-state index in [1.807, 2.05) is 12.1 Å². The van der Waals surface area contributed by atoms with E-state index < -0.39 is 12.6 Å². The molecular weight excluding hydrogens is 360 g/mol. The first kappa shape index (κ1) is 18.4. The standard InChI is InChI=1S/C19H15F2NO5/c1-24-16-10-12(6-7-15(16)27-19(20)21)11-25-18(23)9-8-17-22-13-4-2-3-5-14(13)26-17/h2-10,19H,11H2,1H3. The van der Waals surface area contributed by atoms with Gasteiger partial charge in [-0.2, -0.15) is 8.78 Å². The van der Waals surface area contributed by atoms with Gasteiger partial charge in [0.1, 0.15) is 12.1 Å². The number of ether oxygens (including phenoxy) is 3. The lowest BCUT2D eigenvalue weighted by atomic mass is 10.2. The summed E-state index contributed by atoms with van der Waals surface area (Å²) in [7, 11) is 1.33. The van der Waals surface area contributed by atoms with Gasteiger partial charge in [-0.3, -0.25) is 0 Å². The summed E-state index contributed by atoms with van der Waals surface area (Å²) in [4.78, 5) is 16.0. The van der Waals surface area contributed by atoms with Crippen molar-refractivity contribution < 1.29 is 32.2 Å². The third-order valence-corrected chi connectivity index (χ3v) is 3.50. The second kappa shape index (κ2) is 8.31. The maximum Gasteiger partial charge on any atom is 0.387 e. The minimum absolute atomic E-state index is 0.0674. The molecule has 3 aromatic rings. The number of esters is 1. The molecule has 140 valence electrons. The molecule has 0 aliphatic heterocycles. The highest BCUT2D eigenvalue weighted by atomic mass is 19.3. The van der Waals surface area contributed by atoms with Gasteiger partial charge in [0, 0.05) is 12.2 Å². The molecule has 27 heavy (non-hydrogen) atoms. The Hall–Kier alpha value is -3.42. The second-order valence-corrected chi connectivity index (χ2v) is 5.32. The lowest BCUT2D eigenvalue weighted by Gasteiger charge is -2.11. The molecule has 0 N–H and O–H groups in total. The van der Waals surface area contributed by atoms with Gasteiger partial charge in [-0.15, -0.1) is 0 Å². The number of hydrogen-bond donors (Lipinski definition) is 0. The maximum absolute atomic E-state index is 12.3. The summed E-state index contributed by atoms with van der Waals surface area (Å²) in [6.45, 7) is -3.03. The molecule has 0 unspecified atom stereocenters. The van der Waals surface area contributed by atoms with Crippen molar-refractivity contribution in [2.75, 3.05) is 7.11 Å². The van der Waals surface area contributed by atoms with Crippen molar-refractivity contribution in [2.24, 2.45) is 0 Å². The Labute approximate surface area is 153 Å². The third kappa shape index (κ3) is 4.81. The van der Waals surface area contributed by atoms with E-state index in [2.05, 4.69) is 9.72 Å². The van der Waals surface area contributed by atoms with Gasteiger partial charge in [0.25, 0.3) is 0 Å². The highest BCUT2D eigenvalue weighted by molar-refractivity contribution is 5.86. The number of para-hydroxylation sites is 2. The van der Waals surface area contributed by atoms with Crippen LogP contribution in [0.2, 0.25) is 0 Å². The van der Waals surface area contributed by atoms with Crippen LogP contribution in [0.4, 0.5) is 8.78 Å². The van der Waals surface area contributed by atoms with Crippen LogP contribution in [0, 0.1) is 0 Å². The summed E-state index contributed by atoms with van der Waals surface area (Å²) >= 11 is 0. The van der Waals surface area contributed by atoms with Crippen LogP contribution in [0.5, 0.6) is 11.5 Å². The zero-order chi connectivity index (χ0) is 19.2. The number of carbonyl (C=O) groups excluding carboxylic acids is 1. The topological polar surface area (TPSA) is 70.8 Å². The molecule has 0 bridgehead atoms. The van der Waals surface area contributed by atoms with Crippen LogP contribution < -0.4 is 9.47 Å². The Morgan fingerprint density at radius 1 is 1.22 bits per heavy atom. The minimum atomic E-state index is -2.96. The fourth-order valence-corrected chi connectivity index (χ4v) is 2.30. The maximum atomic E-state index is 12.3. The van der Waals surface area contributed by atoms with Crippen molar-refractivity contribution in [1.82, 2.24) is 4.98 Å². The molecule has 6 nitrogen and oxygen atoms in total. The molecule has 0 fully saturated rings. The Kier molecular flexibility index (Phi) is 5.65. The SMILES string of the molecule is COc1cc(COC(=O)C=Cc2nc3ccccc3o2)ccc1OC(F)F. The number of oxazole rings is 1. The molecule has 0 aliphatic rings. The van der Waals surface area contributed by atoms with Crippen LogP contribution in [0.1, 0.15) is 11.5 Å². The first-order valence-corrected chi connectivity index (χ1v) is 7.87. The predicted octanol–water partition coefficient (Wildman–Crippen LogP) is 4.19. The van der Waals surface area contributed by atoms with Crippen molar-refractivity contribution in [3.8, 4) is 11.5 Å². The van der Waals surface area contributed by atoms with Crippen LogP contribution in [0.25, 0.3) is 17.2 Å². The normalized spacial score (nSPS) is 11.3. The van der Waals surface area contributed by atoms with E-state index in [9.17, 15) is 13.6 Å². The first-order chi connectivity index (χ1) is 13.0. The lowest BCUT2D eigenvalue weighted by molar-refractivity contribution is -0.138. The monoisotopic (exact) mass is 375 g/mol. The fourth-order valence-electron chi connectivity index (χ4n) is 2.30. The number of aromatic nitrogens is 1. The van der Waals surface area contributed by atoms with Gasteiger partial charge in [-0.05, 0) is 29.8 Å². The summed E-state index contributed by atoms with van der Waals surface area (Å²) in [5.41, 5.74) is 1.85. The van der Waals surface area contributed by atoms with Crippen molar-refractivity contribution in [1.29, 1.82) is 0 Å². The molecule has 0 amide bonds. The molecule has 0 saturated heterocycles. The number of carbonyl (C=O) groups is 1. The third-order valence-electron chi connectivity index (χ3n) is 3.50. The smallest absolute Gasteiger partial charge is 0.387 e. The Morgan fingerprint density at radius 3 is 2.78 bits per heavy atom. The summed E-state index contributed by atoms with van der Waals surface area (Å²) in [5, 5.41) is 0. The van der Waals surface area contributed by atoms with Crippen LogP contribution in [0.3, 0.4) is 0 Å². The number of rotatable bonds is 7. The van der Waals surface area contributed by atoms with E-state index in [1.54, 1.807) is 12.1 Å². The molecule has 0 atom stereocenters. The molecular formula is C19H15F2NO5. The molecule has 0 radical (unpaired) electrons. The molecule has 0 spiro atoms. The van der Waals surface area contributed by atoms with Gasteiger partial charge >= 0.3 is 12.6 Å². The molecule has 1 aromatic heterocycles. The number of nitrogens with zero attached hydrogens (tertiary/aromatic N) is 1. The number of methoxy groups -OCH3 is 1. The zero-order valence-electron chi connectivity index (χ0n) is 14.2. The number of fused-ring (bicyclic) bond motifs is 1. The predicted molar refractivity (Wildman–Crippen MR) is 92.5 cm³/mol. The Morgan fingerprint density at radius 2 is 2.04 bits per heavy atom. The fraction of sp³-hybridized carbons (Fsp3) is 0.158. The number of hydrogen-bond acceptors (Lipinski definition) is 6. The lowest BCUT2D eigenvalue weighted by Crippen LogP contribution is -2.05. The van der Waals surface area contributed by atoms with E-state index >= 15 is 0 Å².